The number of nitrogens with one attached hydrogen (secondary N) is 3. The second kappa shape index (κ2) is 8.02. The molecule has 128 valence electrons. The van der Waals surface area contributed by atoms with Gasteiger partial charge in [-0.2, -0.15) is 0 Å². The summed E-state index contributed by atoms with van der Waals surface area (Å²) in [5.74, 6) is 2.16. The number of ether oxygens (including phenoxy) is 2. The summed E-state index contributed by atoms with van der Waals surface area (Å²) < 4.78 is 34.9. The minimum atomic E-state index is -3.13. The molecule has 0 saturated heterocycles. The molecule has 0 unspecified atom stereocenters. The first kappa shape index (κ1) is 17.4. The predicted octanol–water partition coefficient (Wildman–Crippen LogP) is 0.0196. The van der Waals surface area contributed by atoms with Gasteiger partial charge in [-0.25, -0.2) is 13.1 Å². The Hall–Kier alpha value is -2.00. The van der Waals surface area contributed by atoms with Crippen LogP contribution in [0.1, 0.15) is 12.0 Å². The van der Waals surface area contributed by atoms with Crippen LogP contribution < -0.4 is 24.8 Å². The van der Waals surface area contributed by atoms with E-state index in [0.717, 1.165) is 23.3 Å². The van der Waals surface area contributed by atoms with Gasteiger partial charge in [0.15, 0.2) is 17.5 Å². The highest BCUT2D eigenvalue weighted by atomic mass is 32.2. The van der Waals surface area contributed by atoms with Gasteiger partial charge in [-0.3, -0.25) is 4.99 Å². The zero-order valence-corrected chi connectivity index (χ0v) is 14.1. The Balaban J connectivity index is 1.71. The smallest absolute Gasteiger partial charge is 0.231 e. The van der Waals surface area contributed by atoms with Crippen LogP contribution in [-0.4, -0.2) is 47.6 Å². The molecule has 8 nitrogen and oxygen atoms in total. The number of nitrogens with zero attached hydrogens (tertiary/aromatic N) is 1. The molecule has 0 atom stereocenters. The SMILES string of the molecule is CN=C(NCCCNS(C)(=O)=O)NCc1ccc2c(c1)OCO2. The van der Waals surface area contributed by atoms with Gasteiger partial charge in [-0.1, -0.05) is 6.07 Å². The average molecular weight is 342 g/mol. The average Bonchev–Trinajstić information content (AvgIpc) is 2.96. The molecule has 1 aliphatic rings. The van der Waals surface area contributed by atoms with E-state index in [9.17, 15) is 8.42 Å². The van der Waals surface area contributed by atoms with E-state index in [0.29, 0.717) is 32.0 Å². The maximum Gasteiger partial charge on any atom is 0.231 e. The summed E-state index contributed by atoms with van der Waals surface area (Å²) in [5, 5.41) is 6.31. The van der Waals surface area contributed by atoms with Gasteiger partial charge in [-0.15, -0.1) is 0 Å². The summed E-state index contributed by atoms with van der Waals surface area (Å²) in [5.41, 5.74) is 1.05. The summed E-state index contributed by atoms with van der Waals surface area (Å²) in [7, 11) is -1.44. The summed E-state index contributed by atoms with van der Waals surface area (Å²) in [6.07, 6.45) is 1.81. The van der Waals surface area contributed by atoms with E-state index in [1.165, 1.54) is 0 Å². The van der Waals surface area contributed by atoms with Crippen LogP contribution in [0.2, 0.25) is 0 Å². The number of hydrogen-bond donors (Lipinski definition) is 3. The van der Waals surface area contributed by atoms with Crippen molar-refractivity contribution in [3.05, 3.63) is 23.8 Å². The first-order valence-corrected chi connectivity index (χ1v) is 9.15. The van der Waals surface area contributed by atoms with Crippen molar-refractivity contribution in [3.8, 4) is 11.5 Å². The molecule has 0 aliphatic carbocycles. The number of guanidine groups is 1. The molecule has 23 heavy (non-hydrogen) atoms. The number of fused-ring (bicyclic) bond motifs is 1. The van der Waals surface area contributed by atoms with Crippen LogP contribution in [0.3, 0.4) is 0 Å². The van der Waals surface area contributed by atoms with E-state index in [-0.39, 0.29) is 6.79 Å². The van der Waals surface area contributed by atoms with E-state index in [4.69, 9.17) is 9.47 Å². The molecule has 2 rings (SSSR count). The lowest BCUT2D eigenvalue weighted by atomic mass is 10.2. The standard InChI is InChI=1S/C14H22N4O4S/c1-15-14(16-6-3-7-18-23(2,19)20)17-9-11-4-5-12-13(8-11)22-10-21-12/h4-5,8,18H,3,6-7,9-10H2,1-2H3,(H2,15,16,17). The first-order chi connectivity index (χ1) is 11.0. The van der Waals surface area contributed by atoms with Crippen molar-refractivity contribution < 1.29 is 17.9 Å². The van der Waals surface area contributed by atoms with Crippen molar-refractivity contribution in [2.45, 2.75) is 13.0 Å². The van der Waals surface area contributed by atoms with Gasteiger partial charge in [0.2, 0.25) is 16.8 Å². The van der Waals surface area contributed by atoms with Gasteiger partial charge in [0.05, 0.1) is 6.26 Å². The van der Waals surface area contributed by atoms with E-state index in [2.05, 4.69) is 20.3 Å². The number of rotatable bonds is 7. The molecule has 1 aliphatic heterocycles. The highest BCUT2D eigenvalue weighted by Gasteiger charge is 2.13. The molecule has 0 spiro atoms. The lowest BCUT2D eigenvalue weighted by Gasteiger charge is -2.12. The molecule has 1 aromatic rings. The first-order valence-electron chi connectivity index (χ1n) is 7.25. The predicted molar refractivity (Wildman–Crippen MR) is 88.2 cm³/mol. The van der Waals surface area contributed by atoms with Crippen molar-refractivity contribution in [2.75, 3.05) is 33.2 Å². The van der Waals surface area contributed by atoms with E-state index in [1.807, 2.05) is 18.2 Å². The highest BCUT2D eigenvalue weighted by molar-refractivity contribution is 7.88. The van der Waals surface area contributed by atoms with Crippen molar-refractivity contribution in [2.24, 2.45) is 4.99 Å². The summed E-state index contributed by atoms with van der Waals surface area (Å²) >= 11 is 0. The molecular weight excluding hydrogens is 320 g/mol. The van der Waals surface area contributed by atoms with Gasteiger partial charge in [-0.05, 0) is 24.1 Å². The third-order valence-electron chi connectivity index (χ3n) is 3.13. The lowest BCUT2D eigenvalue weighted by molar-refractivity contribution is 0.174. The fraction of sp³-hybridized carbons (Fsp3) is 0.500. The van der Waals surface area contributed by atoms with Gasteiger partial charge in [0.25, 0.3) is 0 Å². The molecule has 9 heteroatoms. The highest BCUT2D eigenvalue weighted by Crippen LogP contribution is 2.32. The zero-order valence-electron chi connectivity index (χ0n) is 13.3. The molecule has 0 fully saturated rings. The Morgan fingerprint density at radius 3 is 2.74 bits per heavy atom. The molecule has 0 saturated carbocycles. The number of sulfonamides is 1. The van der Waals surface area contributed by atoms with Crippen LogP contribution in [0, 0.1) is 0 Å². The van der Waals surface area contributed by atoms with Crippen LogP contribution in [0.4, 0.5) is 0 Å². The third-order valence-corrected chi connectivity index (χ3v) is 3.86. The van der Waals surface area contributed by atoms with Gasteiger partial charge < -0.3 is 20.1 Å². The van der Waals surface area contributed by atoms with Crippen molar-refractivity contribution in [1.29, 1.82) is 0 Å². The number of hydrogen-bond acceptors (Lipinski definition) is 5. The van der Waals surface area contributed by atoms with Crippen LogP contribution in [-0.2, 0) is 16.6 Å². The Bertz CT molecular complexity index is 661. The summed E-state index contributed by atoms with van der Waals surface area (Å²) in [6.45, 7) is 1.86. The van der Waals surface area contributed by atoms with Crippen LogP contribution in [0.25, 0.3) is 0 Å². The van der Waals surface area contributed by atoms with Gasteiger partial charge >= 0.3 is 0 Å². The van der Waals surface area contributed by atoms with Crippen molar-refractivity contribution in [1.82, 2.24) is 15.4 Å². The Labute approximate surface area is 136 Å². The fourth-order valence-corrected chi connectivity index (χ4v) is 2.53. The van der Waals surface area contributed by atoms with Crippen molar-refractivity contribution in [3.63, 3.8) is 0 Å². The number of benzene rings is 1. The third kappa shape index (κ3) is 5.95. The zero-order chi connectivity index (χ0) is 16.7. The van der Waals surface area contributed by atoms with Crippen LogP contribution in [0.5, 0.6) is 11.5 Å². The fourth-order valence-electron chi connectivity index (χ4n) is 2.01. The second-order valence-electron chi connectivity index (χ2n) is 5.06. The Morgan fingerprint density at radius 2 is 2.00 bits per heavy atom. The molecule has 0 radical (unpaired) electrons. The molecule has 1 heterocycles. The van der Waals surface area contributed by atoms with E-state index in [1.54, 1.807) is 7.05 Å². The van der Waals surface area contributed by atoms with Crippen molar-refractivity contribution >= 4 is 16.0 Å². The second-order valence-corrected chi connectivity index (χ2v) is 6.89. The largest absolute Gasteiger partial charge is 0.454 e. The molecule has 0 aromatic heterocycles. The van der Waals surface area contributed by atoms with E-state index < -0.39 is 10.0 Å². The molecule has 3 N–H and O–H groups in total. The minimum Gasteiger partial charge on any atom is -0.454 e. The molecule has 0 bridgehead atoms. The minimum absolute atomic E-state index is 0.261. The Morgan fingerprint density at radius 1 is 1.22 bits per heavy atom. The number of aliphatic imine (C=N–C) groups is 1. The topological polar surface area (TPSA) is 101 Å². The lowest BCUT2D eigenvalue weighted by Crippen LogP contribution is -2.38. The molecule has 0 amide bonds. The van der Waals surface area contributed by atoms with Crippen LogP contribution in [0.15, 0.2) is 23.2 Å². The van der Waals surface area contributed by atoms with Gasteiger partial charge in [0.1, 0.15) is 0 Å². The monoisotopic (exact) mass is 342 g/mol. The Kier molecular flexibility index (Phi) is 6.05. The van der Waals surface area contributed by atoms with E-state index >= 15 is 0 Å². The van der Waals surface area contributed by atoms with Crippen LogP contribution >= 0.6 is 0 Å². The normalized spacial score (nSPS) is 13.9. The molecular formula is C14H22N4O4S. The maximum absolute atomic E-state index is 10.9. The summed E-state index contributed by atoms with van der Waals surface area (Å²) in [4.78, 5) is 4.12. The summed E-state index contributed by atoms with van der Waals surface area (Å²) in [6, 6.07) is 5.77. The van der Waals surface area contributed by atoms with Gasteiger partial charge in [0, 0.05) is 26.7 Å². The quantitative estimate of drug-likeness (QED) is 0.367. The maximum atomic E-state index is 10.9. The molecule has 1 aromatic carbocycles.